The van der Waals surface area contributed by atoms with Crippen molar-refractivity contribution < 1.29 is 14.6 Å². The lowest BCUT2D eigenvalue weighted by atomic mass is 9.90. The number of ether oxygens (including phenoxy) is 1. The summed E-state index contributed by atoms with van der Waals surface area (Å²) in [5.41, 5.74) is -0.744. The van der Waals surface area contributed by atoms with E-state index in [1.54, 1.807) is 0 Å². The lowest BCUT2D eigenvalue weighted by molar-refractivity contribution is -0.145. The van der Waals surface area contributed by atoms with Crippen molar-refractivity contribution in [1.29, 1.82) is 0 Å². The molecule has 0 aromatic heterocycles. The molecule has 0 aliphatic carbocycles. The number of rotatable bonds is 4. The zero-order chi connectivity index (χ0) is 10.4. The predicted molar refractivity (Wildman–Crippen MR) is 53.3 cm³/mol. The Hall–Kier alpha value is -0.610. The van der Waals surface area contributed by atoms with Gasteiger partial charge in [-0.25, -0.2) is 0 Å². The summed E-state index contributed by atoms with van der Waals surface area (Å²) >= 11 is 0. The topological polar surface area (TPSA) is 58.6 Å². The van der Waals surface area contributed by atoms with E-state index in [0.717, 1.165) is 19.4 Å². The van der Waals surface area contributed by atoms with Gasteiger partial charge in [0.05, 0.1) is 0 Å². The van der Waals surface area contributed by atoms with E-state index in [4.69, 9.17) is 4.74 Å². The zero-order valence-corrected chi connectivity index (χ0v) is 8.71. The van der Waals surface area contributed by atoms with Gasteiger partial charge < -0.3 is 15.2 Å². The molecule has 1 saturated heterocycles. The Kier molecular flexibility index (Phi) is 4.35. The van der Waals surface area contributed by atoms with Gasteiger partial charge in [-0.05, 0) is 32.2 Å². The summed E-state index contributed by atoms with van der Waals surface area (Å²) in [5, 5.41) is 12.4. The van der Waals surface area contributed by atoms with Crippen molar-refractivity contribution in [2.24, 2.45) is 0 Å². The van der Waals surface area contributed by atoms with Gasteiger partial charge in [0, 0.05) is 13.2 Å². The highest BCUT2D eigenvalue weighted by molar-refractivity contribution is 5.78. The first-order valence-corrected chi connectivity index (χ1v) is 5.27. The van der Waals surface area contributed by atoms with Gasteiger partial charge in [-0.3, -0.25) is 4.79 Å². The van der Waals surface area contributed by atoms with Crippen LogP contribution in [0.5, 0.6) is 0 Å². The van der Waals surface area contributed by atoms with Gasteiger partial charge in [-0.1, -0.05) is 6.92 Å². The summed E-state index contributed by atoms with van der Waals surface area (Å²) in [6.45, 7) is 4.02. The van der Waals surface area contributed by atoms with Gasteiger partial charge in [0.25, 0.3) is 0 Å². The number of nitrogens with one attached hydrogen (secondary N) is 1. The maximum atomic E-state index is 11.2. The van der Waals surface area contributed by atoms with E-state index in [0.29, 0.717) is 26.1 Å². The molecule has 14 heavy (non-hydrogen) atoms. The van der Waals surface area contributed by atoms with E-state index >= 15 is 0 Å². The second kappa shape index (κ2) is 5.32. The zero-order valence-electron chi connectivity index (χ0n) is 8.71. The van der Waals surface area contributed by atoms with E-state index in [1.165, 1.54) is 0 Å². The average molecular weight is 201 g/mol. The Bertz CT molecular complexity index is 186. The van der Waals surface area contributed by atoms with Crippen LogP contribution in [0.25, 0.3) is 0 Å². The normalized spacial score (nSPS) is 28.4. The number of aliphatic carboxylic acids is 1. The lowest BCUT2D eigenvalue weighted by Gasteiger charge is -2.28. The smallest absolute Gasteiger partial charge is 0.323 e. The van der Waals surface area contributed by atoms with E-state index in [9.17, 15) is 9.90 Å². The lowest BCUT2D eigenvalue weighted by Crippen LogP contribution is -2.52. The maximum absolute atomic E-state index is 11.2. The van der Waals surface area contributed by atoms with Crippen LogP contribution in [0.4, 0.5) is 0 Å². The highest BCUT2D eigenvalue weighted by Crippen LogP contribution is 2.21. The average Bonchev–Trinajstić information content (AvgIpc) is 2.41. The molecule has 1 atom stereocenters. The molecule has 4 heteroatoms. The molecule has 0 radical (unpaired) electrons. The Morgan fingerprint density at radius 3 is 2.93 bits per heavy atom. The summed E-state index contributed by atoms with van der Waals surface area (Å²) in [4.78, 5) is 11.2. The van der Waals surface area contributed by atoms with Crippen molar-refractivity contribution in [2.75, 3.05) is 19.8 Å². The second-order valence-electron chi connectivity index (χ2n) is 3.78. The molecule has 2 N–H and O–H groups in total. The highest BCUT2D eigenvalue weighted by atomic mass is 16.5. The number of carboxylic acids is 1. The van der Waals surface area contributed by atoms with E-state index in [-0.39, 0.29) is 0 Å². The fourth-order valence-electron chi connectivity index (χ4n) is 1.78. The minimum absolute atomic E-state index is 0.545. The Morgan fingerprint density at radius 2 is 2.29 bits per heavy atom. The van der Waals surface area contributed by atoms with Crippen LogP contribution in [-0.4, -0.2) is 36.4 Å². The molecule has 0 aromatic carbocycles. The van der Waals surface area contributed by atoms with Crippen LogP contribution in [0.3, 0.4) is 0 Å². The quantitative estimate of drug-likeness (QED) is 0.712. The van der Waals surface area contributed by atoms with Crippen LogP contribution in [-0.2, 0) is 9.53 Å². The summed E-state index contributed by atoms with van der Waals surface area (Å²) in [6.07, 6.45) is 3.02. The second-order valence-corrected chi connectivity index (χ2v) is 3.78. The molecular formula is C10H19NO3. The predicted octanol–water partition coefficient (Wildman–Crippen LogP) is 1.01. The standard InChI is InChI=1S/C10H19NO3/c1-2-6-11-10(9(12)13)4-3-7-14-8-5-10/h11H,2-8H2,1H3,(H,12,13). The summed E-state index contributed by atoms with van der Waals surface area (Å²) < 4.78 is 5.28. The fraction of sp³-hybridized carbons (Fsp3) is 0.900. The van der Waals surface area contributed by atoms with Crippen molar-refractivity contribution in [3.63, 3.8) is 0 Å². The van der Waals surface area contributed by atoms with Crippen molar-refractivity contribution in [3.8, 4) is 0 Å². The monoisotopic (exact) mass is 201 g/mol. The molecule has 1 aliphatic rings. The van der Waals surface area contributed by atoms with Crippen LogP contribution in [0.2, 0.25) is 0 Å². The van der Waals surface area contributed by atoms with Gasteiger partial charge >= 0.3 is 5.97 Å². The van der Waals surface area contributed by atoms with Gasteiger partial charge in [0.15, 0.2) is 0 Å². The van der Waals surface area contributed by atoms with Crippen LogP contribution >= 0.6 is 0 Å². The molecule has 0 spiro atoms. The molecule has 0 amide bonds. The molecule has 1 rings (SSSR count). The van der Waals surface area contributed by atoms with Crippen LogP contribution < -0.4 is 5.32 Å². The summed E-state index contributed by atoms with van der Waals surface area (Å²) in [7, 11) is 0. The number of carbonyl (C=O) groups is 1. The first kappa shape index (κ1) is 11.5. The highest BCUT2D eigenvalue weighted by Gasteiger charge is 2.37. The Balaban J connectivity index is 2.62. The SMILES string of the molecule is CCCNC1(C(=O)O)CCCOCC1. The molecule has 0 aromatic rings. The third-order valence-corrected chi connectivity index (χ3v) is 2.69. The van der Waals surface area contributed by atoms with Gasteiger partial charge in [0.1, 0.15) is 5.54 Å². The number of hydrogen-bond acceptors (Lipinski definition) is 3. The summed E-state index contributed by atoms with van der Waals surface area (Å²) in [5.74, 6) is -0.739. The molecule has 1 heterocycles. The molecule has 0 saturated carbocycles. The first-order chi connectivity index (χ1) is 6.71. The van der Waals surface area contributed by atoms with Gasteiger partial charge in [0.2, 0.25) is 0 Å². The van der Waals surface area contributed by atoms with E-state index in [2.05, 4.69) is 5.32 Å². The molecule has 0 bridgehead atoms. The minimum atomic E-state index is -0.744. The third kappa shape index (κ3) is 2.69. The molecule has 1 unspecified atom stereocenters. The fourth-order valence-corrected chi connectivity index (χ4v) is 1.78. The number of carboxylic acid groups (broad SMARTS) is 1. The molecular weight excluding hydrogens is 182 g/mol. The molecule has 82 valence electrons. The number of hydrogen-bond donors (Lipinski definition) is 2. The largest absolute Gasteiger partial charge is 0.480 e. The van der Waals surface area contributed by atoms with Crippen molar-refractivity contribution in [2.45, 2.75) is 38.1 Å². The van der Waals surface area contributed by atoms with Crippen LogP contribution in [0.1, 0.15) is 32.6 Å². The Labute approximate surface area is 84.6 Å². The van der Waals surface area contributed by atoms with Gasteiger partial charge in [-0.2, -0.15) is 0 Å². The van der Waals surface area contributed by atoms with E-state index < -0.39 is 11.5 Å². The van der Waals surface area contributed by atoms with Gasteiger partial charge in [-0.15, -0.1) is 0 Å². The minimum Gasteiger partial charge on any atom is -0.480 e. The Morgan fingerprint density at radius 1 is 1.50 bits per heavy atom. The molecule has 4 nitrogen and oxygen atoms in total. The summed E-state index contributed by atoms with van der Waals surface area (Å²) in [6, 6.07) is 0. The van der Waals surface area contributed by atoms with Crippen LogP contribution in [0, 0.1) is 0 Å². The van der Waals surface area contributed by atoms with Crippen LogP contribution in [0.15, 0.2) is 0 Å². The maximum Gasteiger partial charge on any atom is 0.323 e. The van der Waals surface area contributed by atoms with Crippen molar-refractivity contribution in [3.05, 3.63) is 0 Å². The molecule has 1 fully saturated rings. The molecule has 1 aliphatic heterocycles. The first-order valence-electron chi connectivity index (χ1n) is 5.27. The van der Waals surface area contributed by atoms with Crippen molar-refractivity contribution in [1.82, 2.24) is 5.32 Å². The van der Waals surface area contributed by atoms with E-state index in [1.807, 2.05) is 6.92 Å². The third-order valence-electron chi connectivity index (χ3n) is 2.69. The van der Waals surface area contributed by atoms with Crippen molar-refractivity contribution >= 4 is 5.97 Å².